The van der Waals surface area contributed by atoms with Crippen LogP contribution in [0.4, 0.5) is 5.13 Å². The number of rotatable bonds is 7. The molecular weight excluding hydrogens is 480 g/mol. The summed E-state index contributed by atoms with van der Waals surface area (Å²) in [6, 6.07) is 8.16. The lowest BCUT2D eigenvalue weighted by Crippen LogP contribution is -2.42. The molecule has 1 aromatic heterocycles. The Kier molecular flexibility index (Phi) is 7.45. The van der Waals surface area contributed by atoms with E-state index < -0.39 is 9.84 Å². The molecule has 7 nitrogen and oxygen atoms in total. The van der Waals surface area contributed by atoms with Crippen LogP contribution in [0.3, 0.4) is 0 Å². The van der Waals surface area contributed by atoms with Gasteiger partial charge in [-0.25, -0.2) is 13.4 Å². The number of likely N-dealkylation sites (tertiary alicyclic amines) is 1. The summed E-state index contributed by atoms with van der Waals surface area (Å²) in [5.41, 5.74) is 2.28. The second-order valence-electron chi connectivity index (χ2n) is 9.40. The van der Waals surface area contributed by atoms with Gasteiger partial charge in [0.25, 0.3) is 0 Å². The van der Waals surface area contributed by atoms with Crippen LogP contribution in [-0.4, -0.2) is 60.2 Å². The summed E-state index contributed by atoms with van der Waals surface area (Å²) in [6.45, 7) is 7.54. The molecule has 2 aromatic rings. The molecule has 4 rings (SSSR count). The Morgan fingerprint density at radius 3 is 2.52 bits per heavy atom. The Hall–Kier alpha value is -1.52. The van der Waals surface area contributed by atoms with Crippen molar-refractivity contribution >= 4 is 43.8 Å². The summed E-state index contributed by atoms with van der Waals surface area (Å²) in [4.78, 5) is 23.1. The van der Waals surface area contributed by atoms with Gasteiger partial charge < -0.3 is 5.32 Å². The van der Waals surface area contributed by atoms with E-state index in [1.165, 1.54) is 16.7 Å². The number of sulfone groups is 1. The molecule has 1 atom stereocenters. The first-order valence-electron chi connectivity index (χ1n) is 11.3. The smallest absolute Gasteiger partial charge is 0.240 e. The minimum atomic E-state index is -3.01. The van der Waals surface area contributed by atoms with Crippen LogP contribution in [0.2, 0.25) is 5.02 Å². The Bertz CT molecular complexity index is 1090. The average Bonchev–Trinajstić information content (AvgIpc) is 3.25. The number of benzene rings is 1. The lowest BCUT2D eigenvalue weighted by Gasteiger charge is -2.30. The van der Waals surface area contributed by atoms with Crippen molar-refractivity contribution in [3.63, 3.8) is 0 Å². The molecule has 1 amide bonds. The van der Waals surface area contributed by atoms with Crippen molar-refractivity contribution in [2.45, 2.75) is 51.1 Å². The first-order valence-corrected chi connectivity index (χ1v) is 14.4. The van der Waals surface area contributed by atoms with Crippen LogP contribution in [0, 0.1) is 5.92 Å². The fourth-order valence-corrected chi connectivity index (χ4v) is 7.03. The number of carbonyl (C=O) groups is 1. The molecule has 0 bridgehead atoms. The molecule has 3 heterocycles. The minimum Gasteiger partial charge on any atom is -0.301 e. The van der Waals surface area contributed by atoms with Gasteiger partial charge in [-0.1, -0.05) is 37.6 Å². The number of aromatic nitrogens is 1. The highest BCUT2D eigenvalue weighted by atomic mass is 35.5. The highest BCUT2D eigenvalue weighted by Gasteiger charge is 2.36. The van der Waals surface area contributed by atoms with Gasteiger partial charge in [-0.2, -0.15) is 0 Å². The fraction of sp³-hybridized carbons (Fsp3) is 0.565. The van der Waals surface area contributed by atoms with Gasteiger partial charge in [0, 0.05) is 29.2 Å². The van der Waals surface area contributed by atoms with Crippen LogP contribution in [-0.2, 0) is 27.7 Å². The van der Waals surface area contributed by atoms with Crippen molar-refractivity contribution in [2.24, 2.45) is 5.92 Å². The van der Waals surface area contributed by atoms with Crippen LogP contribution in [0.15, 0.2) is 24.3 Å². The van der Waals surface area contributed by atoms with Crippen LogP contribution >= 0.6 is 22.9 Å². The molecule has 2 aliphatic heterocycles. The Morgan fingerprint density at radius 1 is 1.24 bits per heavy atom. The molecule has 33 heavy (non-hydrogen) atoms. The summed E-state index contributed by atoms with van der Waals surface area (Å²) in [5.74, 6) is 0.291. The normalized spacial score (nSPS) is 20.3. The van der Waals surface area contributed by atoms with E-state index in [1.807, 2.05) is 17.0 Å². The monoisotopic (exact) mass is 510 g/mol. The number of halogens is 1. The van der Waals surface area contributed by atoms with E-state index in [2.05, 4.69) is 36.2 Å². The van der Waals surface area contributed by atoms with Crippen molar-refractivity contribution in [2.75, 3.05) is 31.2 Å². The zero-order valence-corrected chi connectivity index (χ0v) is 21.6. The van der Waals surface area contributed by atoms with Crippen LogP contribution in [0.25, 0.3) is 0 Å². The van der Waals surface area contributed by atoms with Crippen molar-refractivity contribution in [3.8, 4) is 0 Å². The van der Waals surface area contributed by atoms with E-state index in [9.17, 15) is 13.2 Å². The second kappa shape index (κ2) is 10.00. The summed E-state index contributed by atoms with van der Waals surface area (Å²) >= 11 is 7.57. The number of anilines is 1. The highest BCUT2D eigenvalue weighted by Crippen LogP contribution is 2.43. The summed E-state index contributed by atoms with van der Waals surface area (Å²) in [5, 5.41) is 4.06. The molecule has 10 heteroatoms. The van der Waals surface area contributed by atoms with E-state index in [4.69, 9.17) is 16.6 Å². The van der Waals surface area contributed by atoms with E-state index in [1.54, 1.807) is 11.3 Å². The SMILES string of the molecule is CC(C)C1c2nc(NC(=O)CN3CCC(S(C)(=O)=O)CC3)sc2CN1Cc1ccc(Cl)cc1. The third kappa shape index (κ3) is 5.95. The van der Waals surface area contributed by atoms with Crippen LogP contribution in [0.5, 0.6) is 0 Å². The summed E-state index contributed by atoms with van der Waals surface area (Å²) in [7, 11) is -3.01. The van der Waals surface area contributed by atoms with Gasteiger partial charge in [0.1, 0.15) is 9.84 Å². The maximum Gasteiger partial charge on any atom is 0.240 e. The quantitative estimate of drug-likeness (QED) is 0.607. The van der Waals surface area contributed by atoms with Crippen molar-refractivity contribution < 1.29 is 13.2 Å². The number of piperidine rings is 1. The predicted molar refractivity (Wildman–Crippen MR) is 133 cm³/mol. The van der Waals surface area contributed by atoms with Crippen molar-refractivity contribution in [1.29, 1.82) is 0 Å². The van der Waals surface area contributed by atoms with Gasteiger partial charge in [0.05, 0.1) is 23.5 Å². The third-order valence-corrected chi connectivity index (χ3v) is 9.34. The molecule has 0 aliphatic carbocycles. The number of nitrogens with one attached hydrogen (secondary N) is 1. The molecule has 180 valence electrons. The van der Waals surface area contributed by atoms with Crippen molar-refractivity contribution in [1.82, 2.24) is 14.8 Å². The van der Waals surface area contributed by atoms with Gasteiger partial charge in [0.15, 0.2) is 5.13 Å². The Balaban J connectivity index is 1.35. The number of thiazole rings is 1. The maximum absolute atomic E-state index is 12.6. The van der Waals surface area contributed by atoms with Crippen LogP contribution in [0.1, 0.15) is 48.9 Å². The predicted octanol–water partition coefficient (Wildman–Crippen LogP) is 3.96. The average molecular weight is 511 g/mol. The zero-order valence-electron chi connectivity index (χ0n) is 19.3. The molecule has 1 fully saturated rings. The Labute approximate surface area is 205 Å². The van der Waals surface area contributed by atoms with E-state index >= 15 is 0 Å². The van der Waals surface area contributed by atoms with Gasteiger partial charge >= 0.3 is 0 Å². The lowest BCUT2D eigenvalue weighted by molar-refractivity contribution is -0.117. The number of carbonyl (C=O) groups excluding carboxylic acids is 1. The largest absolute Gasteiger partial charge is 0.301 e. The molecule has 0 radical (unpaired) electrons. The number of hydrogen-bond donors (Lipinski definition) is 1. The van der Waals surface area contributed by atoms with E-state index in [0.717, 1.165) is 23.8 Å². The lowest BCUT2D eigenvalue weighted by atomic mass is 10.0. The molecule has 1 N–H and O–H groups in total. The Morgan fingerprint density at radius 2 is 1.91 bits per heavy atom. The highest BCUT2D eigenvalue weighted by molar-refractivity contribution is 7.91. The molecule has 1 unspecified atom stereocenters. The topological polar surface area (TPSA) is 82.6 Å². The maximum atomic E-state index is 12.6. The zero-order chi connectivity index (χ0) is 23.8. The van der Waals surface area contributed by atoms with Gasteiger partial charge in [-0.15, -0.1) is 11.3 Å². The van der Waals surface area contributed by atoms with Gasteiger partial charge in [-0.3, -0.25) is 14.6 Å². The molecular formula is C23H31ClN4O3S2. The number of amides is 1. The first kappa shape index (κ1) is 24.6. The van der Waals surface area contributed by atoms with Crippen molar-refractivity contribution in [3.05, 3.63) is 45.4 Å². The first-order chi connectivity index (χ1) is 15.6. The van der Waals surface area contributed by atoms with Gasteiger partial charge in [0.2, 0.25) is 5.91 Å². The summed E-state index contributed by atoms with van der Waals surface area (Å²) < 4.78 is 23.4. The van der Waals surface area contributed by atoms with Crippen LogP contribution < -0.4 is 5.32 Å². The number of hydrogen-bond acceptors (Lipinski definition) is 7. The molecule has 0 spiro atoms. The van der Waals surface area contributed by atoms with Gasteiger partial charge in [-0.05, 0) is 49.5 Å². The third-order valence-electron chi connectivity index (χ3n) is 6.43. The molecule has 1 aromatic carbocycles. The number of nitrogens with zero attached hydrogens (tertiary/aromatic N) is 3. The minimum absolute atomic E-state index is 0.0978. The fourth-order valence-electron chi connectivity index (χ4n) is 4.79. The number of fused-ring (bicyclic) bond motifs is 1. The standard InChI is InChI=1S/C23H31ClN4O3S2/c1-15(2)22-21-19(13-28(22)12-16-4-6-17(24)7-5-16)32-23(26-21)25-20(29)14-27-10-8-18(9-11-27)33(3,30)31/h4-7,15,18,22H,8-14H2,1-3H3,(H,25,26,29). The molecule has 2 aliphatic rings. The van der Waals surface area contributed by atoms with E-state index in [-0.39, 0.29) is 23.7 Å². The molecule has 0 saturated carbocycles. The van der Waals surface area contributed by atoms with E-state index in [0.29, 0.717) is 37.0 Å². The summed E-state index contributed by atoms with van der Waals surface area (Å²) in [6.07, 6.45) is 2.46. The molecule has 1 saturated heterocycles. The second-order valence-corrected chi connectivity index (χ2v) is 13.2.